The first-order valence-electron chi connectivity index (χ1n) is 4.96. The van der Waals surface area contributed by atoms with Crippen LogP contribution in [0.15, 0.2) is 0 Å². The van der Waals surface area contributed by atoms with E-state index in [9.17, 15) is 18.0 Å². The van der Waals surface area contributed by atoms with Crippen LogP contribution in [0.4, 0.5) is 13.2 Å². The second kappa shape index (κ2) is 6.05. The lowest BCUT2D eigenvalue weighted by Crippen LogP contribution is -2.44. The maximum absolute atomic E-state index is 12.0. The molecule has 1 fully saturated rings. The van der Waals surface area contributed by atoms with Gasteiger partial charge in [-0.2, -0.15) is 13.2 Å². The number of amides is 1. The van der Waals surface area contributed by atoms with Gasteiger partial charge in [0.1, 0.15) is 0 Å². The minimum Gasteiger partial charge on any atom is -0.346 e. The second-order valence-electron chi connectivity index (χ2n) is 3.92. The first-order chi connectivity index (χ1) is 7.30. The summed E-state index contributed by atoms with van der Waals surface area (Å²) in [7, 11) is 0. The molecule has 1 aliphatic carbocycles. The van der Waals surface area contributed by atoms with Crippen molar-refractivity contribution in [1.82, 2.24) is 5.32 Å². The lowest BCUT2D eigenvalue weighted by Gasteiger charge is -2.30. The molecule has 94 valence electrons. The lowest BCUT2D eigenvalue weighted by molar-refractivity contribution is -0.174. The Hall–Kier alpha value is 0.720. The Morgan fingerprint density at radius 1 is 1.19 bits per heavy atom. The molecule has 1 saturated carbocycles. The first kappa shape index (κ1) is 14.8. The van der Waals surface area contributed by atoms with E-state index in [1.165, 1.54) is 0 Å². The predicted molar refractivity (Wildman–Crippen MR) is 71.8 cm³/mol. The third-order valence-corrected chi connectivity index (χ3v) is 4.75. The van der Waals surface area contributed by atoms with Gasteiger partial charge in [-0.15, -0.1) is 0 Å². The second-order valence-corrected chi connectivity index (χ2v) is 8.98. The maximum atomic E-state index is 12.0. The Morgan fingerprint density at radius 3 is 2.06 bits per heavy atom. The minimum absolute atomic E-state index is 0.308. The molecule has 16 heavy (non-hydrogen) atoms. The van der Waals surface area contributed by atoms with E-state index in [4.69, 9.17) is 0 Å². The molecule has 1 amide bonds. The van der Waals surface area contributed by atoms with Crippen molar-refractivity contribution in [1.29, 1.82) is 0 Å². The van der Waals surface area contributed by atoms with Gasteiger partial charge in [0, 0.05) is 6.04 Å². The number of rotatable bonds is 2. The lowest BCUT2D eigenvalue weighted by atomic mass is 9.87. The molecule has 0 aromatic rings. The molecule has 0 aromatic heterocycles. The van der Waals surface area contributed by atoms with Crippen LogP contribution in [0.1, 0.15) is 25.7 Å². The van der Waals surface area contributed by atoms with Crippen LogP contribution in [0.5, 0.6) is 0 Å². The van der Waals surface area contributed by atoms with Gasteiger partial charge in [0.15, 0.2) is 0 Å². The van der Waals surface area contributed by atoms with Gasteiger partial charge < -0.3 is 5.32 Å². The SMILES string of the molecule is O=C(NC1CCC(C(I)I)CC1)C(F)(F)F. The summed E-state index contributed by atoms with van der Waals surface area (Å²) in [4.78, 5) is 10.7. The summed E-state index contributed by atoms with van der Waals surface area (Å²) in [6.07, 6.45) is -1.69. The monoisotopic (exact) mass is 461 g/mol. The number of hydrogen-bond donors (Lipinski definition) is 1. The number of alkyl halides is 5. The van der Waals surface area contributed by atoms with E-state index in [1.807, 2.05) is 5.32 Å². The van der Waals surface area contributed by atoms with Crippen molar-refractivity contribution in [3.63, 3.8) is 0 Å². The quantitative estimate of drug-likeness (QED) is 0.496. The van der Waals surface area contributed by atoms with Crippen LogP contribution in [0, 0.1) is 5.92 Å². The highest BCUT2D eigenvalue weighted by molar-refractivity contribution is 14.2. The highest BCUT2D eigenvalue weighted by Crippen LogP contribution is 2.34. The van der Waals surface area contributed by atoms with Crippen LogP contribution >= 0.6 is 45.2 Å². The normalized spacial score (nSPS) is 26.9. The molecule has 0 bridgehead atoms. The van der Waals surface area contributed by atoms with Gasteiger partial charge in [-0.3, -0.25) is 4.79 Å². The number of nitrogens with one attached hydrogen (secondary N) is 1. The Kier molecular flexibility index (Phi) is 5.59. The van der Waals surface area contributed by atoms with Gasteiger partial charge in [-0.25, -0.2) is 0 Å². The number of carbonyl (C=O) groups is 1. The van der Waals surface area contributed by atoms with Crippen molar-refractivity contribution in [2.45, 2.75) is 39.8 Å². The molecule has 0 aromatic carbocycles. The van der Waals surface area contributed by atoms with Crippen LogP contribution < -0.4 is 5.32 Å². The molecule has 0 saturated heterocycles. The molecular weight excluding hydrogens is 449 g/mol. The number of carbonyl (C=O) groups excluding carboxylic acids is 1. The fourth-order valence-corrected chi connectivity index (χ4v) is 3.22. The fraction of sp³-hybridized carbons (Fsp3) is 0.889. The summed E-state index contributed by atoms with van der Waals surface area (Å²) in [5, 5.41) is 2.05. The molecule has 1 aliphatic rings. The Labute approximate surface area is 119 Å². The number of halogens is 5. The van der Waals surface area contributed by atoms with Crippen LogP contribution in [0.25, 0.3) is 0 Å². The summed E-state index contributed by atoms with van der Waals surface area (Å²) < 4.78 is 36.5. The van der Waals surface area contributed by atoms with E-state index in [-0.39, 0.29) is 6.04 Å². The van der Waals surface area contributed by atoms with E-state index in [0.717, 1.165) is 12.8 Å². The molecule has 0 atom stereocenters. The van der Waals surface area contributed by atoms with Crippen LogP contribution in [-0.2, 0) is 4.79 Å². The number of hydrogen-bond acceptors (Lipinski definition) is 1. The molecule has 0 heterocycles. The van der Waals surface area contributed by atoms with E-state index >= 15 is 0 Å². The van der Waals surface area contributed by atoms with Gasteiger partial charge in [-0.1, -0.05) is 45.2 Å². The maximum Gasteiger partial charge on any atom is 0.471 e. The average molecular weight is 461 g/mol. The van der Waals surface area contributed by atoms with Crippen LogP contribution in [0.2, 0.25) is 0 Å². The molecule has 0 spiro atoms. The summed E-state index contributed by atoms with van der Waals surface area (Å²) in [6, 6.07) is -0.308. The van der Waals surface area contributed by atoms with Gasteiger partial charge in [0.2, 0.25) is 0 Å². The largest absolute Gasteiger partial charge is 0.471 e. The van der Waals surface area contributed by atoms with Crippen molar-refractivity contribution < 1.29 is 18.0 Å². The molecule has 0 aliphatic heterocycles. The average Bonchev–Trinajstić information content (AvgIpc) is 2.17. The zero-order chi connectivity index (χ0) is 12.3. The molecule has 2 nitrogen and oxygen atoms in total. The Balaban J connectivity index is 2.35. The smallest absolute Gasteiger partial charge is 0.346 e. The predicted octanol–water partition coefficient (Wildman–Crippen LogP) is 3.42. The molecule has 1 rings (SSSR count). The van der Waals surface area contributed by atoms with Crippen molar-refractivity contribution in [2.75, 3.05) is 0 Å². The standard InChI is InChI=1S/C9H12F3I2NO/c10-9(11,12)8(16)15-6-3-1-5(2-4-6)7(13)14/h5-7H,1-4H2,(H,15,16). The van der Waals surface area contributed by atoms with E-state index < -0.39 is 12.1 Å². The Bertz CT molecular complexity index is 250. The zero-order valence-corrected chi connectivity index (χ0v) is 12.7. The van der Waals surface area contributed by atoms with Crippen LogP contribution in [-0.4, -0.2) is 20.1 Å². The van der Waals surface area contributed by atoms with Crippen molar-refractivity contribution >= 4 is 51.1 Å². The summed E-state index contributed by atoms with van der Waals surface area (Å²) in [6.45, 7) is 0. The van der Waals surface area contributed by atoms with Gasteiger partial charge in [0.25, 0.3) is 0 Å². The summed E-state index contributed by atoms with van der Waals surface area (Å²) in [5.74, 6) is -1.25. The van der Waals surface area contributed by atoms with Gasteiger partial charge >= 0.3 is 12.1 Å². The van der Waals surface area contributed by atoms with Crippen LogP contribution in [0.3, 0.4) is 0 Å². The van der Waals surface area contributed by atoms with E-state index in [1.54, 1.807) is 0 Å². The Morgan fingerprint density at radius 2 is 1.69 bits per heavy atom. The zero-order valence-electron chi connectivity index (χ0n) is 8.36. The van der Waals surface area contributed by atoms with Crippen molar-refractivity contribution in [2.24, 2.45) is 5.92 Å². The molecule has 0 radical (unpaired) electrons. The summed E-state index contributed by atoms with van der Waals surface area (Å²) in [5.41, 5.74) is 0. The molecule has 1 N–H and O–H groups in total. The topological polar surface area (TPSA) is 29.1 Å². The fourth-order valence-electron chi connectivity index (χ4n) is 1.78. The third kappa shape index (κ3) is 4.53. The highest BCUT2D eigenvalue weighted by atomic mass is 127. The van der Waals surface area contributed by atoms with Gasteiger partial charge in [-0.05, 0) is 31.6 Å². The van der Waals surface area contributed by atoms with Crippen molar-refractivity contribution in [3.05, 3.63) is 0 Å². The third-order valence-electron chi connectivity index (χ3n) is 2.72. The highest BCUT2D eigenvalue weighted by Gasteiger charge is 2.40. The minimum atomic E-state index is -4.76. The van der Waals surface area contributed by atoms with Gasteiger partial charge in [0.05, 0.1) is 1.93 Å². The molecule has 7 heteroatoms. The van der Waals surface area contributed by atoms with E-state index in [0.29, 0.717) is 20.7 Å². The first-order valence-corrected chi connectivity index (χ1v) is 7.45. The molecule has 0 unspecified atom stereocenters. The molecular formula is C9H12F3I2NO. The van der Waals surface area contributed by atoms with Crippen molar-refractivity contribution in [3.8, 4) is 0 Å². The van der Waals surface area contributed by atoms with E-state index in [2.05, 4.69) is 45.2 Å². The summed E-state index contributed by atoms with van der Waals surface area (Å²) >= 11 is 4.65.